The monoisotopic (exact) mass is 1020 g/mol. The summed E-state index contributed by atoms with van der Waals surface area (Å²) in [4.78, 5) is 133. The lowest BCUT2D eigenvalue weighted by Crippen LogP contribution is -2.62. The molecule has 396 valence electrons. The molecular formula is C55H67N5O14. The maximum Gasteiger partial charge on any atom is 0.329 e. The number of methoxy groups -OCH3 is 2. The zero-order valence-electron chi connectivity index (χ0n) is 43.1. The Kier molecular flexibility index (Phi) is 18.9. The first-order valence-corrected chi connectivity index (χ1v) is 25.3. The summed E-state index contributed by atoms with van der Waals surface area (Å²) in [5.74, 6) is -4.41. The summed E-state index contributed by atoms with van der Waals surface area (Å²) in [7, 11) is 3.09. The van der Waals surface area contributed by atoms with Gasteiger partial charge in [0.05, 0.1) is 25.3 Å². The quantitative estimate of drug-likeness (QED) is 0.0373. The summed E-state index contributed by atoms with van der Waals surface area (Å²) in [5.41, 5.74) is -0.587. The number of anilines is 1. The highest BCUT2D eigenvalue weighted by atomic mass is 16.5. The van der Waals surface area contributed by atoms with E-state index in [9.17, 15) is 47.9 Å². The molecule has 0 bridgehead atoms. The van der Waals surface area contributed by atoms with Gasteiger partial charge in [0, 0.05) is 49.9 Å². The van der Waals surface area contributed by atoms with Crippen molar-refractivity contribution in [3.63, 3.8) is 0 Å². The number of hydrogen-bond acceptors (Lipinski definition) is 14. The molecule has 0 aromatic heterocycles. The van der Waals surface area contributed by atoms with E-state index in [-0.39, 0.29) is 73.8 Å². The van der Waals surface area contributed by atoms with Crippen LogP contribution >= 0.6 is 0 Å². The Bertz CT molecular complexity index is 2660. The topological polar surface area (TPSA) is 250 Å². The van der Waals surface area contributed by atoms with E-state index in [1.54, 1.807) is 58.4 Å². The second kappa shape index (κ2) is 25.0. The number of benzene rings is 3. The smallest absolute Gasteiger partial charge is 0.329 e. The average Bonchev–Trinajstić information content (AvgIpc) is 3.66. The predicted octanol–water partition coefficient (Wildman–Crippen LogP) is 6.14. The molecular weight excluding hydrogens is 955 g/mol. The lowest BCUT2D eigenvalue weighted by Gasteiger charge is -2.38. The van der Waals surface area contributed by atoms with Gasteiger partial charge in [-0.05, 0) is 112 Å². The van der Waals surface area contributed by atoms with Crippen LogP contribution in [0.1, 0.15) is 149 Å². The molecule has 0 spiro atoms. The van der Waals surface area contributed by atoms with Crippen LogP contribution < -0.4 is 30.2 Å². The number of rotatable bonds is 25. The summed E-state index contributed by atoms with van der Waals surface area (Å²) in [6, 6.07) is 15.9. The Hall–Kier alpha value is -7.44. The third kappa shape index (κ3) is 13.4. The van der Waals surface area contributed by atoms with Gasteiger partial charge in [0.15, 0.2) is 18.1 Å². The number of aryl methyl sites for hydroxylation is 1. The summed E-state index contributed by atoms with van der Waals surface area (Å²) in [5, 5.41) is 7.78. The van der Waals surface area contributed by atoms with Gasteiger partial charge in [-0.15, -0.1) is 0 Å². The van der Waals surface area contributed by atoms with E-state index in [1.165, 1.54) is 30.0 Å². The van der Waals surface area contributed by atoms with Gasteiger partial charge in [-0.1, -0.05) is 51.5 Å². The lowest BCUT2D eigenvalue weighted by molar-refractivity contribution is -0.164. The predicted molar refractivity (Wildman–Crippen MR) is 269 cm³/mol. The number of unbranched alkanes of at least 4 members (excludes halogenated alkanes) is 2. The zero-order chi connectivity index (χ0) is 53.7. The Morgan fingerprint density at radius 2 is 1.59 bits per heavy atom. The highest BCUT2D eigenvalue weighted by Crippen LogP contribution is 2.38. The maximum atomic E-state index is 14.1. The molecule has 0 saturated carbocycles. The van der Waals surface area contributed by atoms with Crippen molar-refractivity contribution in [3.8, 4) is 17.2 Å². The molecule has 19 heteroatoms. The van der Waals surface area contributed by atoms with Crippen LogP contribution in [0.3, 0.4) is 0 Å². The maximum absolute atomic E-state index is 14.1. The van der Waals surface area contributed by atoms with Gasteiger partial charge in [0.1, 0.15) is 29.2 Å². The molecule has 3 unspecified atom stereocenters. The zero-order valence-corrected chi connectivity index (χ0v) is 43.1. The number of carbonyl (C=O) groups is 10. The molecule has 3 atom stereocenters. The van der Waals surface area contributed by atoms with Crippen LogP contribution in [0.15, 0.2) is 60.7 Å². The highest BCUT2D eigenvalue weighted by molar-refractivity contribution is 6.38. The van der Waals surface area contributed by atoms with Gasteiger partial charge >= 0.3 is 5.97 Å². The van der Waals surface area contributed by atoms with Crippen LogP contribution in [0.25, 0.3) is 0 Å². The van der Waals surface area contributed by atoms with Gasteiger partial charge in [0.25, 0.3) is 29.5 Å². The number of carbonyl (C=O) groups excluding carboxylic acids is 10. The van der Waals surface area contributed by atoms with E-state index in [2.05, 4.69) is 16.0 Å². The molecule has 6 rings (SSSR count). The van der Waals surface area contributed by atoms with Crippen molar-refractivity contribution in [2.45, 2.75) is 135 Å². The number of likely N-dealkylation sites (tertiary alicyclic amines) is 1. The second-order valence-corrected chi connectivity index (χ2v) is 19.7. The van der Waals surface area contributed by atoms with Crippen molar-refractivity contribution >= 4 is 64.6 Å². The number of fused-ring (bicyclic) bond motifs is 1. The number of esters is 1. The number of hydrogen-bond donors (Lipinski definition) is 3. The summed E-state index contributed by atoms with van der Waals surface area (Å²) >= 11 is 0. The largest absolute Gasteiger partial charge is 0.493 e. The van der Waals surface area contributed by atoms with E-state index in [4.69, 9.17) is 18.9 Å². The molecule has 0 aliphatic carbocycles. The van der Waals surface area contributed by atoms with Crippen molar-refractivity contribution in [3.05, 3.63) is 82.9 Å². The number of Topliss-reactive ketones (excluding diaryl/α,β-unsaturated/α-hetero) is 2. The Morgan fingerprint density at radius 1 is 0.838 bits per heavy atom. The van der Waals surface area contributed by atoms with Crippen LogP contribution in [0, 0.1) is 5.41 Å². The Balaban J connectivity index is 0.961. The van der Waals surface area contributed by atoms with E-state index in [1.807, 2.05) is 19.1 Å². The van der Waals surface area contributed by atoms with Crippen LogP contribution in [-0.2, 0) is 49.5 Å². The SMILES string of the molecule is CCC(C)(C)C(=O)C(=O)N1CCCCC1C(=O)OC(CCc1ccc(OC)c(OC)c1)c1cccc(NC(=O)CCC(=O)CCCCCNC(=O)COc2cccc3c2C(=O)N(C2(C)CCC(=O)NC2=O)C3=O)c1. The molecule has 3 aliphatic heterocycles. The second-order valence-electron chi connectivity index (χ2n) is 19.7. The first kappa shape index (κ1) is 55.9. The standard InChI is InChI=1S/C55H67N5O14/c1-7-54(2,3)48(65)51(68)59-30-12-10-19-39(59)52(69)74-40(24-21-34-22-25-41(71-5)43(31-34)72-6)35-15-13-16-36(32-35)57-44(62)26-23-37(61)17-9-8-11-29-56-46(64)33-73-42-20-14-18-38-47(42)50(67)60(49(38)66)55(4)28-27-45(63)58-53(55)70/h13-16,18,20,22,25,31-32,39-40H,7-12,17,19,21,23-24,26-30,33H2,1-6H3,(H,56,64)(H,57,62)(H,58,63,70). The Labute approximate surface area is 430 Å². The van der Waals surface area contributed by atoms with Crippen molar-refractivity contribution in [1.29, 1.82) is 0 Å². The van der Waals surface area contributed by atoms with Crippen molar-refractivity contribution in [2.24, 2.45) is 5.41 Å². The van der Waals surface area contributed by atoms with E-state index >= 15 is 0 Å². The van der Waals surface area contributed by atoms with Gasteiger partial charge in [-0.25, -0.2) is 4.79 Å². The van der Waals surface area contributed by atoms with Crippen LogP contribution in [-0.4, -0.2) is 114 Å². The van der Waals surface area contributed by atoms with Gasteiger partial charge < -0.3 is 34.5 Å². The number of imide groups is 2. The molecule has 3 aliphatic rings. The van der Waals surface area contributed by atoms with E-state index in [0.717, 1.165) is 10.5 Å². The normalized spacial score (nSPS) is 17.9. The molecule has 2 fully saturated rings. The molecule has 3 heterocycles. The molecule has 3 N–H and O–H groups in total. The van der Waals surface area contributed by atoms with E-state index in [0.29, 0.717) is 80.5 Å². The number of ether oxygens (including phenoxy) is 4. The third-order valence-electron chi connectivity index (χ3n) is 14.1. The Morgan fingerprint density at radius 3 is 2.32 bits per heavy atom. The van der Waals surface area contributed by atoms with Crippen molar-refractivity contribution < 1.29 is 66.9 Å². The average molecular weight is 1020 g/mol. The molecule has 3 aromatic carbocycles. The summed E-state index contributed by atoms with van der Waals surface area (Å²) in [6.45, 7) is 6.80. The summed E-state index contributed by atoms with van der Waals surface area (Å²) in [6.07, 6.45) is 3.95. The fourth-order valence-corrected chi connectivity index (χ4v) is 9.14. The van der Waals surface area contributed by atoms with Crippen molar-refractivity contribution in [2.75, 3.05) is 39.2 Å². The number of ketones is 2. The summed E-state index contributed by atoms with van der Waals surface area (Å²) < 4.78 is 22.8. The van der Waals surface area contributed by atoms with Crippen LogP contribution in [0.5, 0.6) is 17.2 Å². The van der Waals surface area contributed by atoms with Gasteiger partial charge in [0.2, 0.25) is 17.6 Å². The molecule has 0 radical (unpaired) electrons. The van der Waals surface area contributed by atoms with Gasteiger partial charge in [-0.3, -0.25) is 53.4 Å². The third-order valence-corrected chi connectivity index (χ3v) is 14.1. The minimum atomic E-state index is -1.57. The fraction of sp³-hybridized carbons (Fsp3) is 0.491. The first-order valence-electron chi connectivity index (χ1n) is 25.3. The number of nitrogens with zero attached hydrogens (tertiary/aromatic N) is 2. The minimum Gasteiger partial charge on any atom is -0.493 e. The highest BCUT2D eigenvalue weighted by Gasteiger charge is 2.53. The van der Waals surface area contributed by atoms with Crippen molar-refractivity contribution in [1.82, 2.24) is 20.4 Å². The number of nitrogens with one attached hydrogen (secondary N) is 3. The minimum absolute atomic E-state index is 0.00501. The molecule has 74 heavy (non-hydrogen) atoms. The number of piperidine rings is 2. The molecule has 19 nitrogen and oxygen atoms in total. The molecule has 7 amide bonds. The first-order chi connectivity index (χ1) is 35.3. The molecule has 3 aromatic rings. The molecule has 2 saturated heterocycles. The van der Waals surface area contributed by atoms with Crippen LogP contribution in [0.4, 0.5) is 5.69 Å². The lowest BCUT2D eigenvalue weighted by atomic mass is 9.84. The van der Waals surface area contributed by atoms with Gasteiger partial charge in [-0.2, -0.15) is 0 Å². The van der Waals surface area contributed by atoms with E-state index < -0.39 is 76.9 Å². The van der Waals surface area contributed by atoms with Crippen LogP contribution in [0.2, 0.25) is 0 Å². The fourth-order valence-electron chi connectivity index (χ4n) is 9.14. The number of amides is 7.